The molecule has 1 fully saturated rings. The topological polar surface area (TPSA) is 74.3 Å². The molecule has 1 saturated heterocycles. The fourth-order valence-electron chi connectivity index (χ4n) is 3.85. The Balaban J connectivity index is 1.44. The summed E-state index contributed by atoms with van der Waals surface area (Å²) >= 11 is 5.90. The predicted molar refractivity (Wildman–Crippen MR) is 120 cm³/mol. The van der Waals surface area contributed by atoms with Crippen molar-refractivity contribution in [1.29, 1.82) is 5.26 Å². The number of nitriles is 1. The van der Waals surface area contributed by atoms with Crippen LogP contribution in [0.15, 0.2) is 59.0 Å². The lowest BCUT2D eigenvalue weighted by molar-refractivity contribution is 0.170. The maximum absolute atomic E-state index is 9.50. The fraction of sp³-hybridized carbons (Fsp3) is 0.333. The molecule has 1 N–H and O–H groups in total. The van der Waals surface area contributed by atoms with Crippen molar-refractivity contribution in [2.45, 2.75) is 31.9 Å². The van der Waals surface area contributed by atoms with Gasteiger partial charge >= 0.3 is 0 Å². The Morgan fingerprint density at radius 3 is 2.55 bits per heavy atom. The van der Waals surface area contributed by atoms with Gasteiger partial charge in [0.1, 0.15) is 11.8 Å². The lowest BCUT2D eigenvalue weighted by atomic mass is 10.0. The van der Waals surface area contributed by atoms with Crippen molar-refractivity contribution in [3.63, 3.8) is 0 Å². The van der Waals surface area contributed by atoms with Crippen LogP contribution in [0.2, 0.25) is 5.02 Å². The number of oxazole rings is 1. The van der Waals surface area contributed by atoms with Gasteiger partial charge in [0.05, 0.1) is 6.04 Å². The van der Waals surface area contributed by atoms with E-state index < -0.39 is 0 Å². The van der Waals surface area contributed by atoms with Crippen molar-refractivity contribution < 1.29 is 9.15 Å². The lowest BCUT2D eigenvalue weighted by Gasteiger charge is -2.35. The molecule has 0 spiro atoms. The van der Waals surface area contributed by atoms with Crippen LogP contribution in [0.4, 0.5) is 5.88 Å². The molecule has 1 atom stereocenters. The van der Waals surface area contributed by atoms with Crippen LogP contribution in [-0.4, -0.2) is 29.5 Å². The number of piperidine rings is 1. The molecule has 0 bridgehead atoms. The molecule has 0 amide bonds. The van der Waals surface area contributed by atoms with E-state index in [2.05, 4.69) is 45.5 Å². The van der Waals surface area contributed by atoms with Crippen molar-refractivity contribution in [2.24, 2.45) is 0 Å². The quantitative estimate of drug-likeness (QED) is 0.508. The van der Waals surface area contributed by atoms with Crippen molar-refractivity contribution in [2.75, 3.05) is 25.0 Å². The van der Waals surface area contributed by atoms with Gasteiger partial charge in [0.2, 0.25) is 17.5 Å². The molecule has 3 aromatic rings. The fourth-order valence-corrected chi connectivity index (χ4v) is 3.98. The molecule has 0 aliphatic carbocycles. The summed E-state index contributed by atoms with van der Waals surface area (Å²) in [5.41, 5.74) is 1.49. The van der Waals surface area contributed by atoms with E-state index in [1.54, 1.807) is 24.3 Å². The van der Waals surface area contributed by atoms with E-state index in [1.165, 1.54) is 24.8 Å². The number of halogens is 1. The SMILES string of the molecule is N#Cc1nc(COc2ccc(Cl)cc2)oc1NC[C@@H](c1ccccc1)N1CCCCC1. The van der Waals surface area contributed by atoms with Gasteiger partial charge in [0, 0.05) is 11.6 Å². The zero-order valence-electron chi connectivity index (χ0n) is 17.3. The minimum absolute atomic E-state index is 0.131. The Morgan fingerprint density at radius 1 is 1.10 bits per heavy atom. The number of rotatable bonds is 8. The van der Waals surface area contributed by atoms with Crippen molar-refractivity contribution in [3.05, 3.63) is 76.8 Å². The van der Waals surface area contributed by atoms with E-state index in [0.29, 0.717) is 29.1 Å². The molecule has 1 aliphatic rings. The zero-order chi connectivity index (χ0) is 21.5. The number of likely N-dealkylation sites (tertiary alicyclic amines) is 1. The molecule has 0 unspecified atom stereocenters. The molecule has 7 heteroatoms. The van der Waals surface area contributed by atoms with Crippen LogP contribution in [0, 0.1) is 11.3 Å². The van der Waals surface area contributed by atoms with Gasteiger partial charge in [-0.15, -0.1) is 0 Å². The van der Waals surface area contributed by atoms with Crippen LogP contribution in [-0.2, 0) is 6.61 Å². The number of nitrogens with zero attached hydrogens (tertiary/aromatic N) is 3. The Hall–Kier alpha value is -3.01. The van der Waals surface area contributed by atoms with E-state index in [9.17, 15) is 5.26 Å². The normalized spacial score (nSPS) is 15.2. The number of hydrogen-bond acceptors (Lipinski definition) is 6. The molecular formula is C24H25ClN4O2. The monoisotopic (exact) mass is 436 g/mol. The number of aromatic nitrogens is 1. The Morgan fingerprint density at radius 2 is 1.84 bits per heavy atom. The van der Waals surface area contributed by atoms with Crippen LogP contribution >= 0.6 is 11.6 Å². The minimum Gasteiger partial charge on any atom is -0.484 e. The number of hydrogen-bond donors (Lipinski definition) is 1. The second-order valence-electron chi connectivity index (χ2n) is 7.54. The number of anilines is 1. The standard InChI is InChI=1S/C24H25ClN4O2/c25-19-9-11-20(12-10-19)30-17-23-28-21(15-26)24(31-23)27-16-22(18-7-3-1-4-8-18)29-13-5-2-6-14-29/h1,3-4,7-12,22,27H,2,5-6,13-14,16-17H2/t22-/m0/s1. The van der Waals surface area contributed by atoms with Gasteiger partial charge in [-0.1, -0.05) is 48.4 Å². The average molecular weight is 437 g/mol. The summed E-state index contributed by atoms with van der Waals surface area (Å²) in [6.45, 7) is 2.91. The van der Waals surface area contributed by atoms with Crippen molar-refractivity contribution in [3.8, 4) is 11.8 Å². The number of benzene rings is 2. The first-order chi connectivity index (χ1) is 15.2. The van der Waals surface area contributed by atoms with E-state index >= 15 is 0 Å². The molecule has 0 radical (unpaired) electrons. The highest BCUT2D eigenvalue weighted by Gasteiger charge is 2.23. The molecule has 1 aromatic heterocycles. The van der Waals surface area contributed by atoms with E-state index in [-0.39, 0.29) is 18.3 Å². The van der Waals surface area contributed by atoms with Gasteiger partial charge in [0.25, 0.3) is 0 Å². The smallest absolute Gasteiger partial charge is 0.236 e. The second-order valence-corrected chi connectivity index (χ2v) is 7.98. The van der Waals surface area contributed by atoms with Gasteiger partial charge in [-0.25, -0.2) is 0 Å². The highest BCUT2D eigenvalue weighted by Crippen LogP contribution is 2.26. The summed E-state index contributed by atoms with van der Waals surface area (Å²) in [5.74, 6) is 1.39. The molecule has 2 heterocycles. The van der Waals surface area contributed by atoms with Gasteiger partial charge in [0.15, 0.2) is 6.61 Å². The molecule has 31 heavy (non-hydrogen) atoms. The van der Waals surface area contributed by atoms with E-state index in [0.717, 1.165) is 13.1 Å². The Labute approximate surface area is 187 Å². The summed E-state index contributed by atoms with van der Waals surface area (Å²) in [7, 11) is 0. The third kappa shape index (κ3) is 5.57. The van der Waals surface area contributed by atoms with Gasteiger partial charge in [-0.05, 0) is 55.8 Å². The Bertz CT molecular complexity index is 1010. The number of ether oxygens (including phenoxy) is 1. The molecular weight excluding hydrogens is 412 g/mol. The molecule has 4 rings (SSSR count). The van der Waals surface area contributed by atoms with Crippen LogP contribution < -0.4 is 10.1 Å². The second kappa shape index (κ2) is 10.3. The van der Waals surface area contributed by atoms with Gasteiger partial charge in [-0.3, -0.25) is 4.90 Å². The molecule has 6 nitrogen and oxygen atoms in total. The van der Waals surface area contributed by atoms with Gasteiger partial charge in [-0.2, -0.15) is 10.2 Å². The molecule has 1 aliphatic heterocycles. The number of nitrogens with one attached hydrogen (secondary N) is 1. The van der Waals surface area contributed by atoms with Crippen LogP contribution in [0.25, 0.3) is 0 Å². The Kier molecular flexibility index (Phi) is 7.08. The summed E-state index contributed by atoms with van der Waals surface area (Å²) in [6.07, 6.45) is 3.70. The molecule has 160 valence electrons. The summed E-state index contributed by atoms with van der Waals surface area (Å²) < 4.78 is 11.5. The zero-order valence-corrected chi connectivity index (χ0v) is 18.0. The van der Waals surface area contributed by atoms with E-state index in [4.69, 9.17) is 20.8 Å². The summed E-state index contributed by atoms with van der Waals surface area (Å²) in [6, 6.07) is 19.8. The maximum atomic E-state index is 9.50. The van der Waals surface area contributed by atoms with Crippen LogP contribution in [0.5, 0.6) is 5.75 Å². The predicted octanol–water partition coefficient (Wildman–Crippen LogP) is 5.42. The first-order valence-corrected chi connectivity index (χ1v) is 10.9. The van der Waals surface area contributed by atoms with Crippen LogP contribution in [0.3, 0.4) is 0 Å². The molecule has 0 saturated carbocycles. The summed E-state index contributed by atoms with van der Waals surface area (Å²) in [4.78, 5) is 6.77. The average Bonchev–Trinajstić information content (AvgIpc) is 3.22. The summed E-state index contributed by atoms with van der Waals surface area (Å²) in [5, 5.41) is 13.5. The minimum atomic E-state index is 0.131. The highest BCUT2D eigenvalue weighted by molar-refractivity contribution is 6.30. The van der Waals surface area contributed by atoms with Crippen molar-refractivity contribution >= 4 is 17.5 Å². The third-order valence-electron chi connectivity index (χ3n) is 5.43. The van der Waals surface area contributed by atoms with E-state index in [1.807, 2.05) is 6.07 Å². The maximum Gasteiger partial charge on any atom is 0.236 e. The first-order valence-electron chi connectivity index (χ1n) is 10.5. The van der Waals surface area contributed by atoms with Crippen molar-refractivity contribution in [1.82, 2.24) is 9.88 Å². The van der Waals surface area contributed by atoms with Gasteiger partial charge < -0.3 is 14.5 Å². The molecule has 2 aromatic carbocycles. The lowest BCUT2D eigenvalue weighted by Crippen LogP contribution is -2.37. The van der Waals surface area contributed by atoms with Crippen LogP contribution in [0.1, 0.15) is 42.5 Å². The highest BCUT2D eigenvalue weighted by atomic mass is 35.5. The third-order valence-corrected chi connectivity index (χ3v) is 5.68. The first kappa shape index (κ1) is 21.2. The largest absolute Gasteiger partial charge is 0.484 e.